The van der Waals surface area contributed by atoms with E-state index in [0.717, 1.165) is 18.5 Å². The monoisotopic (exact) mass is 332 g/mol. The van der Waals surface area contributed by atoms with Crippen molar-refractivity contribution in [2.24, 2.45) is 16.7 Å². The number of carbonyl (C=O) groups is 1. The summed E-state index contributed by atoms with van der Waals surface area (Å²) < 4.78 is 0. The highest BCUT2D eigenvalue weighted by molar-refractivity contribution is 7.80. The zero-order valence-corrected chi connectivity index (χ0v) is 15.7. The molecular weight excluding hydrogens is 304 g/mol. The number of rotatable bonds is 4. The lowest BCUT2D eigenvalue weighted by molar-refractivity contribution is -0.133. The van der Waals surface area contributed by atoms with Crippen LogP contribution in [0.5, 0.6) is 0 Å². The molecule has 2 rings (SSSR count). The Labute approximate surface area is 145 Å². The first-order valence-corrected chi connectivity index (χ1v) is 8.70. The number of Topliss-reactive ketones (excluding diaryl/α,β-unsaturated/α-hetero) is 1. The molecule has 0 saturated heterocycles. The molecule has 1 aromatic rings. The number of ketones is 1. The summed E-state index contributed by atoms with van der Waals surface area (Å²) in [5.74, 6) is 0.850. The van der Waals surface area contributed by atoms with Gasteiger partial charge in [-0.05, 0) is 48.5 Å². The number of nitrogens with one attached hydrogen (secondary N) is 1. The van der Waals surface area contributed by atoms with Gasteiger partial charge in [0.25, 0.3) is 0 Å². The van der Waals surface area contributed by atoms with Crippen molar-refractivity contribution in [3.8, 4) is 0 Å². The third kappa shape index (κ3) is 3.42. The number of para-hydroxylation sites is 1. The number of hydrogen-bond acceptors (Lipinski definition) is 2. The molecule has 0 radical (unpaired) electrons. The van der Waals surface area contributed by atoms with E-state index in [1.807, 2.05) is 42.3 Å². The number of hydrogen-bond donors (Lipinski definition) is 1. The summed E-state index contributed by atoms with van der Waals surface area (Å²) in [5.41, 5.74) is 0.695. The summed E-state index contributed by atoms with van der Waals surface area (Å²) in [6, 6.07) is 9.81. The van der Waals surface area contributed by atoms with Gasteiger partial charge in [-0.25, -0.2) is 0 Å². The van der Waals surface area contributed by atoms with Gasteiger partial charge in [-0.2, -0.15) is 0 Å². The molecule has 1 aliphatic rings. The SMILES string of the molecule is CC1CCC(C)(C(=O)CN(C)C(=S)Nc2ccccc2)C1(C)C. The Morgan fingerprint density at radius 1 is 1.30 bits per heavy atom. The average Bonchev–Trinajstić information content (AvgIpc) is 2.72. The Morgan fingerprint density at radius 2 is 1.91 bits per heavy atom. The molecule has 4 heteroatoms. The van der Waals surface area contributed by atoms with Crippen molar-refractivity contribution in [2.75, 3.05) is 18.9 Å². The van der Waals surface area contributed by atoms with Gasteiger partial charge in [-0.1, -0.05) is 45.9 Å². The number of nitrogens with zero attached hydrogens (tertiary/aromatic N) is 1. The van der Waals surface area contributed by atoms with Crippen molar-refractivity contribution >= 4 is 28.8 Å². The van der Waals surface area contributed by atoms with E-state index in [1.54, 1.807) is 0 Å². The van der Waals surface area contributed by atoms with E-state index in [9.17, 15) is 4.79 Å². The highest BCUT2D eigenvalue weighted by Gasteiger charge is 2.53. The van der Waals surface area contributed by atoms with Gasteiger partial charge >= 0.3 is 0 Å². The predicted molar refractivity (Wildman–Crippen MR) is 101 cm³/mol. The molecule has 0 heterocycles. The van der Waals surface area contributed by atoms with Gasteiger partial charge in [0.05, 0.1) is 6.54 Å². The van der Waals surface area contributed by atoms with Crippen LogP contribution in [-0.2, 0) is 4.79 Å². The molecule has 2 atom stereocenters. The van der Waals surface area contributed by atoms with Crippen LogP contribution in [0.3, 0.4) is 0 Å². The number of carbonyl (C=O) groups excluding carboxylic acids is 1. The summed E-state index contributed by atoms with van der Waals surface area (Å²) in [4.78, 5) is 14.8. The highest BCUT2D eigenvalue weighted by Crippen LogP contribution is 2.56. The molecule has 1 saturated carbocycles. The van der Waals surface area contributed by atoms with Crippen LogP contribution in [0.25, 0.3) is 0 Å². The first-order chi connectivity index (χ1) is 10.7. The van der Waals surface area contributed by atoms with Gasteiger partial charge in [0.15, 0.2) is 10.9 Å². The molecule has 1 N–H and O–H groups in total. The Hall–Kier alpha value is -1.42. The van der Waals surface area contributed by atoms with Gasteiger partial charge in [0, 0.05) is 18.2 Å². The molecule has 0 aliphatic heterocycles. The van der Waals surface area contributed by atoms with Gasteiger partial charge in [0.1, 0.15) is 0 Å². The van der Waals surface area contributed by atoms with Crippen molar-refractivity contribution in [3.05, 3.63) is 30.3 Å². The lowest BCUT2D eigenvalue weighted by Gasteiger charge is -2.40. The van der Waals surface area contributed by atoms with Crippen LogP contribution in [0, 0.1) is 16.7 Å². The fourth-order valence-electron chi connectivity index (χ4n) is 3.43. The first-order valence-electron chi connectivity index (χ1n) is 8.29. The van der Waals surface area contributed by atoms with E-state index < -0.39 is 0 Å². The quantitative estimate of drug-likeness (QED) is 0.831. The van der Waals surface area contributed by atoms with Crippen molar-refractivity contribution in [1.29, 1.82) is 0 Å². The Bertz CT molecular complexity index is 584. The summed E-state index contributed by atoms with van der Waals surface area (Å²) >= 11 is 5.43. The highest BCUT2D eigenvalue weighted by atomic mass is 32.1. The minimum atomic E-state index is -0.275. The van der Waals surface area contributed by atoms with Crippen LogP contribution >= 0.6 is 12.2 Å². The molecule has 126 valence electrons. The smallest absolute Gasteiger partial charge is 0.173 e. The maximum absolute atomic E-state index is 13.0. The Balaban J connectivity index is 2.01. The van der Waals surface area contributed by atoms with Gasteiger partial charge < -0.3 is 10.2 Å². The molecule has 0 aromatic heterocycles. The standard InChI is InChI=1S/C19H28N2OS/c1-14-11-12-19(4,18(14,2)3)16(22)13-21(5)17(23)20-15-9-7-6-8-10-15/h6-10,14H,11-13H2,1-5H3,(H,20,23). The maximum Gasteiger partial charge on any atom is 0.173 e. The fraction of sp³-hybridized carbons (Fsp3) is 0.579. The third-order valence-electron chi connectivity index (χ3n) is 6.10. The lowest BCUT2D eigenvalue weighted by Crippen LogP contribution is -2.46. The Kier molecular flexibility index (Phi) is 5.14. The van der Waals surface area contributed by atoms with Crippen LogP contribution in [-0.4, -0.2) is 29.4 Å². The van der Waals surface area contributed by atoms with Gasteiger partial charge in [-0.3, -0.25) is 4.79 Å². The third-order valence-corrected chi connectivity index (χ3v) is 6.51. The largest absolute Gasteiger partial charge is 0.345 e. The van der Waals surface area contributed by atoms with Crippen molar-refractivity contribution in [2.45, 2.75) is 40.5 Å². The average molecular weight is 333 g/mol. The van der Waals surface area contributed by atoms with E-state index in [0.29, 0.717) is 17.6 Å². The second-order valence-electron chi connectivity index (χ2n) is 7.57. The molecule has 1 aliphatic carbocycles. The summed E-state index contributed by atoms with van der Waals surface area (Å²) in [6.07, 6.45) is 2.08. The summed E-state index contributed by atoms with van der Waals surface area (Å²) in [6.45, 7) is 9.18. The maximum atomic E-state index is 13.0. The second kappa shape index (κ2) is 6.60. The molecule has 2 unspecified atom stereocenters. The van der Waals surface area contributed by atoms with Gasteiger partial charge in [-0.15, -0.1) is 0 Å². The molecule has 0 bridgehead atoms. The van der Waals surface area contributed by atoms with Gasteiger partial charge in [0.2, 0.25) is 0 Å². The van der Waals surface area contributed by atoms with E-state index in [1.165, 1.54) is 0 Å². The number of benzene rings is 1. The summed E-state index contributed by atoms with van der Waals surface area (Å²) in [5, 5.41) is 3.77. The topological polar surface area (TPSA) is 32.3 Å². The minimum absolute atomic E-state index is 0.0272. The van der Waals surface area contributed by atoms with Crippen LogP contribution in [0.2, 0.25) is 0 Å². The summed E-state index contributed by atoms with van der Waals surface area (Å²) in [7, 11) is 1.88. The molecule has 1 fully saturated rings. The van der Waals surface area contributed by atoms with E-state index in [4.69, 9.17) is 12.2 Å². The molecule has 23 heavy (non-hydrogen) atoms. The van der Waals surface area contributed by atoms with Crippen molar-refractivity contribution < 1.29 is 4.79 Å². The van der Waals surface area contributed by atoms with Crippen molar-refractivity contribution in [3.63, 3.8) is 0 Å². The Morgan fingerprint density at radius 3 is 2.43 bits per heavy atom. The fourth-order valence-corrected chi connectivity index (χ4v) is 3.62. The number of anilines is 1. The molecule has 3 nitrogen and oxygen atoms in total. The molecular formula is C19H28N2OS. The zero-order chi connectivity index (χ0) is 17.3. The predicted octanol–water partition coefficient (Wildman–Crippen LogP) is 4.35. The molecule has 0 spiro atoms. The minimum Gasteiger partial charge on any atom is -0.345 e. The lowest BCUT2D eigenvalue weighted by atomic mass is 9.64. The first kappa shape index (κ1) is 17.9. The normalized spacial score (nSPS) is 25.9. The second-order valence-corrected chi connectivity index (χ2v) is 7.96. The van der Waals surface area contributed by atoms with E-state index in [-0.39, 0.29) is 16.6 Å². The van der Waals surface area contributed by atoms with E-state index >= 15 is 0 Å². The van der Waals surface area contributed by atoms with Crippen LogP contribution in [0.1, 0.15) is 40.5 Å². The van der Waals surface area contributed by atoms with Crippen LogP contribution < -0.4 is 5.32 Å². The molecule has 0 amide bonds. The number of thiocarbonyl (C=S) groups is 1. The van der Waals surface area contributed by atoms with Crippen LogP contribution in [0.4, 0.5) is 5.69 Å². The van der Waals surface area contributed by atoms with Crippen LogP contribution in [0.15, 0.2) is 30.3 Å². The number of likely N-dealkylation sites (N-methyl/N-ethyl adjacent to an activating group) is 1. The zero-order valence-electron chi connectivity index (χ0n) is 14.8. The van der Waals surface area contributed by atoms with E-state index in [2.05, 4.69) is 33.0 Å². The van der Waals surface area contributed by atoms with Crippen molar-refractivity contribution in [1.82, 2.24) is 4.90 Å². The molecule has 1 aromatic carbocycles.